The highest BCUT2D eigenvalue weighted by atomic mass is 32.2. The molecule has 0 radical (unpaired) electrons. The van der Waals surface area contributed by atoms with Crippen LogP contribution >= 0.6 is 0 Å². The van der Waals surface area contributed by atoms with Crippen molar-refractivity contribution in [1.82, 2.24) is 9.62 Å². The fraction of sp³-hybridized carbons (Fsp3) is 0.409. The van der Waals surface area contributed by atoms with Gasteiger partial charge in [-0.1, -0.05) is 25.5 Å². The Bertz CT molecular complexity index is 962. The summed E-state index contributed by atoms with van der Waals surface area (Å²) in [5, 5.41) is 2.91. The minimum absolute atomic E-state index is 0.0777. The standard InChI is InChI=1S/C22H27FN2O4S/c1-3-4-13-24-22(26)21-15-25(14-20(21)16-5-7-17(23)8-6-16)30(27,28)19-11-9-18(29-2)10-12-19/h5-12,20-21H,3-4,13-15H2,1-2H3,(H,24,26)/t20-,21+/m0/s1. The van der Waals surface area contributed by atoms with Crippen LogP contribution in [0.2, 0.25) is 0 Å². The molecule has 30 heavy (non-hydrogen) atoms. The summed E-state index contributed by atoms with van der Waals surface area (Å²) in [6.45, 7) is 2.82. The largest absolute Gasteiger partial charge is 0.497 e. The summed E-state index contributed by atoms with van der Waals surface area (Å²) in [6, 6.07) is 12.1. The second-order valence-corrected chi connectivity index (χ2v) is 9.34. The number of unbranched alkanes of at least 4 members (excludes halogenated alkanes) is 1. The van der Waals surface area contributed by atoms with E-state index in [4.69, 9.17) is 4.74 Å². The number of carbonyl (C=O) groups excluding carboxylic acids is 1. The maximum absolute atomic E-state index is 13.4. The number of methoxy groups -OCH3 is 1. The summed E-state index contributed by atoms with van der Waals surface area (Å²) < 4.78 is 46.2. The van der Waals surface area contributed by atoms with Gasteiger partial charge in [0.1, 0.15) is 11.6 Å². The van der Waals surface area contributed by atoms with E-state index >= 15 is 0 Å². The van der Waals surface area contributed by atoms with Gasteiger partial charge in [-0.05, 0) is 48.4 Å². The molecule has 0 aromatic heterocycles. The summed E-state index contributed by atoms with van der Waals surface area (Å²) in [4.78, 5) is 13.0. The third-order valence-corrected chi connectivity index (χ3v) is 7.29. The summed E-state index contributed by atoms with van der Waals surface area (Å²) in [6.07, 6.45) is 1.80. The number of hydrogen-bond acceptors (Lipinski definition) is 4. The number of carbonyl (C=O) groups is 1. The molecule has 1 N–H and O–H groups in total. The van der Waals surface area contributed by atoms with Crippen LogP contribution < -0.4 is 10.1 Å². The number of sulfonamides is 1. The predicted octanol–water partition coefficient (Wildman–Crippen LogP) is 3.15. The Kier molecular flexibility index (Phi) is 7.10. The van der Waals surface area contributed by atoms with Crippen LogP contribution in [0, 0.1) is 11.7 Å². The Balaban J connectivity index is 1.87. The van der Waals surface area contributed by atoms with Gasteiger partial charge in [0, 0.05) is 25.6 Å². The van der Waals surface area contributed by atoms with Gasteiger partial charge in [0.15, 0.2) is 0 Å². The monoisotopic (exact) mass is 434 g/mol. The highest BCUT2D eigenvalue weighted by Gasteiger charge is 2.43. The van der Waals surface area contributed by atoms with Crippen molar-refractivity contribution in [3.05, 3.63) is 59.9 Å². The topological polar surface area (TPSA) is 75.7 Å². The Morgan fingerprint density at radius 2 is 1.80 bits per heavy atom. The lowest BCUT2D eigenvalue weighted by molar-refractivity contribution is -0.124. The number of nitrogens with zero attached hydrogens (tertiary/aromatic N) is 1. The number of rotatable bonds is 8. The van der Waals surface area contributed by atoms with Crippen LogP contribution in [0.15, 0.2) is 53.4 Å². The average Bonchev–Trinajstić information content (AvgIpc) is 3.21. The van der Waals surface area contributed by atoms with Gasteiger partial charge in [-0.25, -0.2) is 12.8 Å². The lowest BCUT2D eigenvalue weighted by Crippen LogP contribution is -2.36. The van der Waals surface area contributed by atoms with Gasteiger partial charge in [-0.2, -0.15) is 4.31 Å². The van der Waals surface area contributed by atoms with E-state index in [1.165, 1.54) is 35.7 Å². The van der Waals surface area contributed by atoms with E-state index in [1.807, 2.05) is 6.92 Å². The number of nitrogens with one attached hydrogen (secondary N) is 1. The lowest BCUT2D eigenvalue weighted by atomic mass is 9.88. The molecule has 1 aliphatic rings. The van der Waals surface area contributed by atoms with Crippen LogP contribution in [0.1, 0.15) is 31.2 Å². The molecule has 2 aromatic rings. The lowest BCUT2D eigenvalue weighted by Gasteiger charge is -2.18. The van der Waals surface area contributed by atoms with Crippen molar-refractivity contribution in [1.29, 1.82) is 0 Å². The number of hydrogen-bond donors (Lipinski definition) is 1. The number of halogens is 1. The van der Waals surface area contributed by atoms with Gasteiger partial charge in [0.25, 0.3) is 0 Å². The van der Waals surface area contributed by atoms with Crippen molar-refractivity contribution in [3.63, 3.8) is 0 Å². The fourth-order valence-corrected chi connectivity index (χ4v) is 5.19. The molecule has 1 heterocycles. The normalized spacial score (nSPS) is 19.6. The van der Waals surface area contributed by atoms with Gasteiger partial charge in [0.2, 0.25) is 15.9 Å². The maximum Gasteiger partial charge on any atom is 0.243 e. The average molecular weight is 435 g/mol. The molecular formula is C22H27FN2O4S. The second-order valence-electron chi connectivity index (χ2n) is 7.41. The summed E-state index contributed by atoms with van der Waals surface area (Å²) >= 11 is 0. The zero-order valence-corrected chi connectivity index (χ0v) is 18.0. The minimum Gasteiger partial charge on any atom is -0.497 e. The second kappa shape index (κ2) is 9.57. The first-order valence-corrected chi connectivity index (χ1v) is 11.5. The van der Waals surface area contributed by atoms with Gasteiger partial charge >= 0.3 is 0 Å². The summed E-state index contributed by atoms with van der Waals surface area (Å²) in [5.74, 6) is -0.873. The molecule has 3 rings (SSSR count). The third-order valence-electron chi connectivity index (χ3n) is 5.45. The van der Waals surface area contributed by atoms with E-state index in [1.54, 1.807) is 24.3 Å². The molecule has 0 spiro atoms. The molecule has 8 heteroatoms. The Labute approximate surface area is 177 Å². The molecule has 1 aliphatic heterocycles. The van der Waals surface area contributed by atoms with Crippen molar-refractivity contribution in [2.45, 2.75) is 30.6 Å². The summed E-state index contributed by atoms with van der Waals surface area (Å²) in [7, 11) is -2.27. The molecule has 1 amide bonds. The smallest absolute Gasteiger partial charge is 0.243 e. The first-order chi connectivity index (χ1) is 14.4. The van der Waals surface area contributed by atoms with Gasteiger partial charge in [0.05, 0.1) is 17.9 Å². The van der Waals surface area contributed by atoms with E-state index in [0.29, 0.717) is 12.3 Å². The first-order valence-electron chi connectivity index (χ1n) is 10.0. The van der Waals surface area contributed by atoms with E-state index in [2.05, 4.69) is 5.32 Å². The molecule has 0 bridgehead atoms. The SMILES string of the molecule is CCCCNC(=O)[C@@H]1CN(S(=O)(=O)c2ccc(OC)cc2)C[C@H]1c1ccc(F)cc1. The van der Waals surface area contributed by atoms with Crippen molar-refractivity contribution in [2.24, 2.45) is 5.92 Å². The van der Waals surface area contributed by atoms with Gasteiger partial charge < -0.3 is 10.1 Å². The molecule has 2 atom stereocenters. The zero-order valence-electron chi connectivity index (χ0n) is 17.2. The molecule has 6 nitrogen and oxygen atoms in total. The quantitative estimate of drug-likeness (QED) is 0.648. The van der Waals surface area contributed by atoms with Crippen LogP contribution in [-0.4, -0.2) is 45.4 Å². The van der Waals surface area contributed by atoms with Crippen LogP contribution in [0.4, 0.5) is 4.39 Å². The third kappa shape index (κ3) is 4.82. The molecular weight excluding hydrogens is 407 g/mol. The highest BCUT2D eigenvalue weighted by Crippen LogP contribution is 2.36. The van der Waals surface area contributed by atoms with Crippen LogP contribution in [-0.2, 0) is 14.8 Å². The first kappa shape index (κ1) is 22.2. The maximum atomic E-state index is 13.4. The van der Waals surface area contributed by atoms with E-state index in [0.717, 1.165) is 18.4 Å². The van der Waals surface area contributed by atoms with Crippen LogP contribution in [0.5, 0.6) is 5.75 Å². The molecule has 2 aromatic carbocycles. The zero-order chi connectivity index (χ0) is 21.7. The summed E-state index contributed by atoms with van der Waals surface area (Å²) in [5.41, 5.74) is 0.750. The molecule has 0 unspecified atom stereocenters. The van der Waals surface area contributed by atoms with Gasteiger partial charge in [-0.3, -0.25) is 4.79 Å². The van der Waals surface area contributed by atoms with E-state index < -0.39 is 15.9 Å². The fourth-order valence-electron chi connectivity index (χ4n) is 3.69. The van der Waals surface area contributed by atoms with Crippen molar-refractivity contribution < 1.29 is 22.3 Å². The molecule has 1 saturated heterocycles. The number of benzene rings is 2. The minimum atomic E-state index is -3.78. The number of amides is 1. The Morgan fingerprint density at radius 3 is 2.40 bits per heavy atom. The van der Waals surface area contributed by atoms with Crippen molar-refractivity contribution in [3.8, 4) is 5.75 Å². The van der Waals surface area contributed by atoms with Crippen LogP contribution in [0.3, 0.4) is 0 Å². The van der Waals surface area contributed by atoms with E-state index in [-0.39, 0.29) is 35.6 Å². The predicted molar refractivity (Wildman–Crippen MR) is 112 cm³/mol. The van der Waals surface area contributed by atoms with E-state index in [9.17, 15) is 17.6 Å². The highest BCUT2D eigenvalue weighted by molar-refractivity contribution is 7.89. The Morgan fingerprint density at radius 1 is 1.13 bits per heavy atom. The number of ether oxygens (including phenoxy) is 1. The molecule has 0 saturated carbocycles. The van der Waals surface area contributed by atoms with Gasteiger partial charge in [-0.15, -0.1) is 0 Å². The Hall–Kier alpha value is -2.45. The van der Waals surface area contributed by atoms with Crippen LogP contribution in [0.25, 0.3) is 0 Å². The molecule has 1 fully saturated rings. The van der Waals surface area contributed by atoms with Crippen molar-refractivity contribution in [2.75, 3.05) is 26.7 Å². The van der Waals surface area contributed by atoms with Crippen molar-refractivity contribution >= 4 is 15.9 Å². The molecule has 162 valence electrons. The molecule has 0 aliphatic carbocycles.